The molecule has 0 fully saturated rings. The summed E-state index contributed by atoms with van der Waals surface area (Å²) in [5, 5.41) is 10.9. The lowest BCUT2D eigenvalue weighted by Crippen LogP contribution is -2.39. The normalized spacial score (nSPS) is 18.1. The van der Waals surface area contributed by atoms with Crippen LogP contribution in [0, 0.1) is 5.92 Å². The largest absolute Gasteiger partial charge is 0.342 e. The molecule has 0 saturated heterocycles. The van der Waals surface area contributed by atoms with E-state index in [1.807, 2.05) is 4.90 Å². The van der Waals surface area contributed by atoms with Crippen LogP contribution in [0.4, 0.5) is 0 Å². The minimum Gasteiger partial charge on any atom is -0.342 e. The first-order valence-corrected chi connectivity index (χ1v) is 7.43. The monoisotopic (exact) mass is 264 g/mol. The van der Waals surface area contributed by atoms with Crippen molar-refractivity contribution in [2.45, 2.75) is 52.4 Å². The van der Waals surface area contributed by atoms with Crippen molar-refractivity contribution in [3.63, 3.8) is 0 Å². The second-order valence-electron chi connectivity index (χ2n) is 5.34. The van der Waals surface area contributed by atoms with Crippen LogP contribution < -0.4 is 0 Å². The summed E-state index contributed by atoms with van der Waals surface area (Å²) in [5.74, 6) is 0.407. The number of hydrogen-bond donors (Lipinski definition) is 1. The lowest BCUT2D eigenvalue weighted by molar-refractivity contribution is -0.136. The predicted octanol–water partition coefficient (Wildman–Crippen LogP) is 1.95. The van der Waals surface area contributed by atoms with E-state index in [0.717, 1.165) is 63.0 Å². The van der Waals surface area contributed by atoms with E-state index in [1.165, 1.54) is 0 Å². The number of aromatic nitrogens is 3. The van der Waals surface area contributed by atoms with Crippen LogP contribution in [0.2, 0.25) is 0 Å². The van der Waals surface area contributed by atoms with E-state index in [1.54, 1.807) is 0 Å². The van der Waals surface area contributed by atoms with Gasteiger partial charge in [-0.05, 0) is 25.7 Å². The molecule has 0 spiro atoms. The van der Waals surface area contributed by atoms with E-state index in [9.17, 15) is 4.79 Å². The van der Waals surface area contributed by atoms with Gasteiger partial charge in [0.25, 0.3) is 0 Å². The highest BCUT2D eigenvalue weighted by molar-refractivity contribution is 5.79. The fourth-order valence-corrected chi connectivity index (χ4v) is 2.70. The zero-order valence-electron chi connectivity index (χ0n) is 12.0. The Bertz CT molecular complexity index is 415. The first-order valence-electron chi connectivity index (χ1n) is 7.43. The van der Waals surface area contributed by atoms with Gasteiger partial charge >= 0.3 is 0 Å². The number of hydrogen-bond acceptors (Lipinski definition) is 3. The second-order valence-corrected chi connectivity index (χ2v) is 5.34. The number of H-pyrrole nitrogens is 1. The SMILES string of the molecule is CCCCN(CCC)C(=O)C1CCc2n[nH]nc2C1. The Hall–Kier alpha value is -1.39. The van der Waals surface area contributed by atoms with E-state index in [4.69, 9.17) is 0 Å². The fourth-order valence-electron chi connectivity index (χ4n) is 2.70. The average Bonchev–Trinajstić information content (AvgIpc) is 2.90. The quantitative estimate of drug-likeness (QED) is 0.854. The van der Waals surface area contributed by atoms with Crippen LogP contribution in [-0.4, -0.2) is 39.3 Å². The first kappa shape index (κ1) is 14.0. The van der Waals surface area contributed by atoms with Gasteiger partial charge in [0.1, 0.15) is 0 Å². The number of nitrogens with zero attached hydrogens (tertiary/aromatic N) is 3. The summed E-state index contributed by atoms with van der Waals surface area (Å²) in [7, 11) is 0. The van der Waals surface area contributed by atoms with Crippen molar-refractivity contribution in [3.05, 3.63) is 11.4 Å². The van der Waals surface area contributed by atoms with Gasteiger partial charge in [0, 0.05) is 25.4 Å². The molecule has 1 aromatic heterocycles. The van der Waals surface area contributed by atoms with Crippen LogP contribution in [0.25, 0.3) is 0 Å². The third-order valence-electron chi connectivity index (χ3n) is 3.81. The van der Waals surface area contributed by atoms with Crippen molar-refractivity contribution >= 4 is 5.91 Å². The second kappa shape index (κ2) is 6.68. The molecule has 1 heterocycles. The number of nitrogens with one attached hydrogen (secondary N) is 1. The van der Waals surface area contributed by atoms with Gasteiger partial charge in [-0.1, -0.05) is 20.3 Å². The molecular weight excluding hydrogens is 240 g/mol. The summed E-state index contributed by atoms with van der Waals surface area (Å²) >= 11 is 0. The average molecular weight is 264 g/mol. The number of rotatable bonds is 6. The summed E-state index contributed by atoms with van der Waals surface area (Å²) in [4.78, 5) is 14.6. The summed E-state index contributed by atoms with van der Waals surface area (Å²) in [6.07, 6.45) is 5.77. The number of amides is 1. The zero-order valence-corrected chi connectivity index (χ0v) is 12.0. The van der Waals surface area contributed by atoms with Crippen molar-refractivity contribution < 1.29 is 4.79 Å². The van der Waals surface area contributed by atoms with E-state index in [0.29, 0.717) is 5.91 Å². The minimum absolute atomic E-state index is 0.0982. The molecule has 1 atom stereocenters. The van der Waals surface area contributed by atoms with Crippen molar-refractivity contribution in [1.29, 1.82) is 0 Å². The summed E-state index contributed by atoms with van der Waals surface area (Å²) in [5.41, 5.74) is 2.02. The molecule has 1 aliphatic rings. The van der Waals surface area contributed by atoms with Crippen molar-refractivity contribution in [1.82, 2.24) is 20.3 Å². The zero-order chi connectivity index (χ0) is 13.7. The van der Waals surface area contributed by atoms with Gasteiger partial charge in [-0.15, -0.1) is 0 Å². The Balaban J connectivity index is 1.98. The molecule has 106 valence electrons. The summed E-state index contributed by atoms with van der Waals surface area (Å²) in [6.45, 7) is 6.06. The summed E-state index contributed by atoms with van der Waals surface area (Å²) < 4.78 is 0. The number of aromatic amines is 1. The molecule has 1 amide bonds. The lowest BCUT2D eigenvalue weighted by atomic mass is 9.88. The molecule has 0 saturated carbocycles. The molecule has 1 N–H and O–H groups in total. The smallest absolute Gasteiger partial charge is 0.226 e. The number of carbonyl (C=O) groups is 1. The van der Waals surface area contributed by atoms with Crippen LogP contribution in [0.1, 0.15) is 50.9 Å². The maximum absolute atomic E-state index is 12.6. The molecule has 2 rings (SSSR count). The minimum atomic E-state index is 0.0982. The molecule has 0 radical (unpaired) electrons. The standard InChI is InChI=1S/C14H24N4O/c1-3-5-9-18(8-4-2)14(19)11-6-7-12-13(10-11)16-17-15-12/h11H,3-10H2,1-2H3,(H,15,16,17). The maximum atomic E-state index is 12.6. The molecule has 1 unspecified atom stereocenters. The van der Waals surface area contributed by atoms with Crippen LogP contribution in [0.5, 0.6) is 0 Å². The molecule has 1 aliphatic carbocycles. The topological polar surface area (TPSA) is 61.9 Å². The molecule has 1 aromatic rings. The first-order chi connectivity index (χ1) is 9.26. The van der Waals surface area contributed by atoms with Gasteiger partial charge in [-0.2, -0.15) is 15.4 Å². The highest BCUT2D eigenvalue weighted by Gasteiger charge is 2.29. The molecule has 5 heteroatoms. The Morgan fingerprint density at radius 1 is 1.26 bits per heavy atom. The van der Waals surface area contributed by atoms with Gasteiger partial charge in [0.05, 0.1) is 11.4 Å². The van der Waals surface area contributed by atoms with Crippen molar-refractivity contribution in [2.75, 3.05) is 13.1 Å². The van der Waals surface area contributed by atoms with E-state index < -0.39 is 0 Å². The third-order valence-corrected chi connectivity index (χ3v) is 3.81. The Kier molecular flexibility index (Phi) is 4.93. The summed E-state index contributed by atoms with van der Waals surface area (Å²) in [6, 6.07) is 0. The lowest BCUT2D eigenvalue weighted by Gasteiger charge is -2.28. The van der Waals surface area contributed by atoms with Gasteiger partial charge in [-0.25, -0.2) is 0 Å². The Morgan fingerprint density at radius 2 is 2.05 bits per heavy atom. The molecular formula is C14H24N4O. The van der Waals surface area contributed by atoms with Crippen LogP contribution in [0.3, 0.4) is 0 Å². The van der Waals surface area contributed by atoms with Crippen LogP contribution >= 0.6 is 0 Å². The molecule has 0 aliphatic heterocycles. The van der Waals surface area contributed by atoms with E-state index in [2.05, 4.69) is 29.3 Å². The van der Waals surface area contributed by atoms with Gasteiger partial charge in [0.15, 0.2) is 0 Å². The van der Waals surface area contributed by atoms with Crippen LogP contribution in [0.15, 0.2) is 0 Å². The molecule has 19 heavy (non-hydrogen) atoms. The van der Waals surface area contributed by atoms with Gasteiger partial charge in [0.2, 0.25) is 5.91 Å². The van der Waals surface area contributed by atoms with E-state index >= 15 is 0 Å². The third kappa shape index (κ3) is 3.33. The Labute approximate surface area is 114 Å². The number of unbranched alkanes of at least 4 members (excludes halogenated alkanes) is 1. The molecule has 0 bridgehead atoms. The van der Waals surface area contributed by atoms with Crippen LogP contribution in [-0.2, 0) is 17.6 Å². The predicted molar refractivity (Wildman–Crippen MR) is 73.7 cm³/mol. The maximum Gasteiger partial charge on any atom is 0.226 e. The molecule has 5 nitrogen and oxygen atoms in total. The number of aryl methyl sites for hydroxylation is 1. The van der Waals surface area contributed by atoms with Crippen molar-refractivity contribution in [2.24, 2.45) is 5.92 Å². The van der Waals surface area contributed by atoms with Crippen molar-refractivity contribution in [3.8, 4) is 0 Å². The van der Waals surface area contributed by atoms with E-state index in [-0.39, 0.29) is 5.92 Å². The Morgan fingerprint density at radius 3 is 2.79 bits per heavy atom. The highest BCUT2D eigenvalue weighted by Crippen LogP contribution is 2.24. The highest BCUT2D eigenvalue weighted by atomic mass is 16.2. The number of fused-ring (bicyclic) bond motifs is 1. The van der Waals surface area contributed by atoms with Gasteiger partial charge in [-0.3, -0.25) is 4.79 Å². The number of carbonyl (C=O) groups excluding carboxylic acids is 1. The molecule has 0 aromatic carbocycles. The van der Waals surface area contributed by atoms with Gasteiger partial charge < -0.3 is 4.90 Å². The fraction of sp³-hybridized carbons (Fsp3) is 0.786.